The van der Waals surface area contributed by atoms with Gasteiger partial charge < -0.3 is 183 Å². The van der Waals surface area contributed by atoms with Gasteiger partial charge in [-0.15, -0.1) is 0 Å². The zero-order chi connectivity index (χ0) is 21.3. The molecule has 0 aromatic carbocycles. The topological polar surface area (TPSA) is 900 Å². The molecule has 0 aliphatic carbocycles. The number of aliphatic hydroxyl groups is 2. The Hall–Kier alpha value is -0.995. The third-order valence-corrected chi connectivity index (χ3v) is 0.1000. The molecule has 0 atom stereocenters. The molecule has 64 N–H and O–H groups in total. The van der Waals surface area contributed by atoms with E-state index >= 15 is 0 Å². The van der Waals surface area contributed by atoms with Gasteiger partial charge in [-0.2, -0.15) is 0 Å². The van der Waals surface area contributed by atoms with Gasteiger partial charge in [0.05, 0.1) is 13.2 Å². The second-order valence-electron chi connectivity index (χ2n) is 2.18. The van der Waals surface area contributed by atoms with Crippen molar-refractivity contribution in [2.24, 2.45) is 0 Å². The van der Waals surface area contributed by atoms with E-state index in [4.69, 9.17) is 85.6 Å². The summed E-state index contributed by atoms with van der Waals surface area (Å²) in [6, 6.07) is 0. The fraction of sp³-hybridized carbons (Fsp3) is 1.00. The van der Waals surface area contributed by atoms with Crippen LogP contribution in [0.3, 0.4) is 0 Å². The third-order valence-electron chi connectivity index (χ3n) is 0.1000. The lowest BCUT2D eigenvalue weighted by Crippen LogP contribution is -2.07. The first-order valence-corrected chi connectivity index (χ1v) is 5.01. The summed E-state index contributed by atoms with van der Waals surface area (Å²) in [5.41, 5.74) is 0. The monoisotopic (exact) mass is 646 g/mol. The fourth-order valence-corrected chi connectivity index (χ4v) is 0. The molecule has 0 aromatic heterocycles. The van der Waals surface area contributed by atoms with Gasteiger partial charge in [-0.1, -0.05) is 0 Å². The van der Waals surface area contributed by atoms with Crippen molar-refractivity contribution in [1.82, 2.24) is 92.3 Å². The average Bonchev–Trinajstić information content (AvgIpc) is 2.24. The molecular weight excluding hydrogens is 576 g/mol. The number of hydrogen-bond donors (Lipinski definition) is 32. The Morgan fingerprint density at radius 3 is 0.250 bits per heavy atom. The Morgan fingerprint density at radius 2 is 0.250 bits per heavy atom. The first-order valence-electron chi connectivity index (χ1n) is 5.01. The van der Waals surface area contributed by atoms with Crippen LogP contribution in [0.25, 0.3) is 0 Å². The molecule has 0 rings (SSSR count). The Kier molecular flexibility index (Phi) is 990. The second-order valence-corrected chi connectivity index (χ2v) is 2.18. The molecule has 0 saturated carbocycles. The first kappa shape index (κ1) is 195. The van der Waals surface area contributed by atoms with Gasteiger partial charge in [0.2, 0.25) is 0 Å². The van der Waals surface area contributed by atoms with Crippen LogP contribution in [0, 0.1) is 0 Å². The molecule has 0 unspecified atom stereocenters. The Morgan fingerprint density at radius 1 is 0.225 bits per heavy atom. The van der Waals surface area contributed by atoms with Crippen LogP contribution in [0.5, 0.6) is 0 Å². The molecule has 0 fully saturated rings. The van der Waals surface area contributed by atoms with E-state index in [1.54, 1.807) is 0 Å². The molecule has 0 bridgehead atoms. The standard InChI is InChI=1S/C2H6O2.5BH3O3.15H3N.H2O/c3-1-2-4;5*2-1(3)4;;;;;;;;;;;;;;;;/h3-4H,1-2H2;5*2-4H;15*1H3;1H2. The largest absolute Gasteiger partial charge is 0.631 e. The zero-order valence-electron chi connectivity index (χ0n) is 23.0. The van der Waals surface area contributed by atoms with Gasteiger partial charge in [0.1, 0.15) is 0 Å². The lowest BCUT2D eigenvalue weighted by molar-refractivity contribution is 0.186. The van der Waals surface area contributed by atoms with Gasteiger partial charge in [-0.05, 0) is 0 Å². The van der Waals surface area contributed by atoms with E-state index in [-0.39, 0.29) is 111 Å². The molecule has 38 heteroatoms. The minimum atomic E-state index is -2.17. The molecule has 0 saturated heterocycles. The highest BCUT2D eigenvalue weighted by atomic mass is 16.5. The van der Waals surface area contributed by atoms with Crippen molar-refractivity contribution in [2.45, 2.75) is 0 Å². The average molecular weight is 645 g/mol. The normalized spacial score (nSPS) is 4.12. The molecule has 0 heterocycles. The summed E-state index contributed by atoms with van der Waals surface area (Å²) in [6.45, 7) is -0.250. The zero-order valence-corrected chi connectivity index (χ0v) is 23.0. The van der Waals surface area contributed by atoms with E-state index in [2.05, 4.69) is 0 Å². The molecule has 0 amide bonds. The smallest absolute Gasteiger partial charge is 0.412 e. The van der Waals surface area contributed by atoms with Crippen molar-refractivity contribution in [3.8, 4) is 0 Å². The summed E-state index contributed by atoms with van der Waals surface area (Å²) in [7, 11) is -10.8. The van der Waals surface area contributed by atoms with Crippen LogP contribution in [0.1, 0.15) is 0 Å². The lowest BCUT2D eigenvalue weighted by Gasteiger charge is -1.70. The van der Waals surface area contributed by atoms with Crippen LogP contribution in [-0.2, 0) is 0 Å². The van der Waals surface area contributed by atoms with E-state index in [0.29, 0.717) is 0 Å². The summed E-state index contributed by atoms with van der Waals surface area (Å²) < 4.78 is 0. The predicted molar refractivity (Wildman–Crippen MR) is 155 cm³/mol. The third kappa shape index (κ3) is 2190000000. The molecule has 0 radical (unpaired) electrons. The van der Waals surface area contributed by atoms with E-state index in [1.807, 2.05) is 0 Å². The van der Waals surface area contributed by atoms with Crippen LogP contribution in [0.15, 0.2) is 0 Å². The number of aliphatic hydroxyl groups excluding tert-OH is 2. The van der Waals surface area contributed by atoms with Gasteiger partial charge in [-0.3, -0.25) is 0 Å². The predicted octanol–water partition coefficient (Wildman–Crippen LogP) is -9.68. The Labute approximate surface area is 234 Å². The quantitative estimate of drug-likeness (QED) is 0.118. The van der Waals surface area contributed by atoms with Crippen molar-refractivity contribution in [3.63, 3.8) is 0 Å². The summed E-state index contributed by atoms with van der Waals surface area (Å²) in [5.74, 6) is 0. The van der Waals surface area contributed by atoms with E-state index in [1.165, 1.54) is 0 Å². The highest BCUT2D eigenvalue weighted by Gasteiger charge is 1.94. The lowest BCUT2D eigenvalue weighted by atomic mass is 10.3. The summed E-state index contributed by atoms with van der Waals surface area (Å²) in [6.07, 6.45) is 0. The van der Waals surface area contributed by atoms with Gasteiger partial charge in [0.25, 0.3) is 0 Å². The van der Waals surface area contributed by atoms with Crippen molar-refractivity contribution in [3.05, 3.63) is 0 Å². The minimum absolute atomic E-state index is 0. The van der Waals surface area contributed by atoms with Crippen molar-refractivity contribution in [2.75, 3.05) is 13.2 Å². The maximum atomic E-state index is 7.62. The number of hydrogen-bond acceptors (Lipinski definition) is 32. The minimum Gasteiger partial charge on any atom is -0.412 e. The van der Waals surface area contributed by atoms with Crippen LogP contribution in [0.4, 0.5) is 0 Å². The van der Waals surface area contributed by atoms with Crippen molar-refractivity contribution >= 4 is 36.6 Å². The molecule has 274 valence electrons. The Bertz CT molecular complexity index is 144. The summed E-state index contributed by atoms with van der Waals surface area (Å²) >= 11 is 0. The molecular formula is C2H68B5N15O18. The van der Waals surface area contributed by atoms with Crippen LogP contribution < -0.4 is 92.3 Å². The SMILES string of the molecule is N.N.N.N.N.N.N.N.N.N.N.N.N.N.N.O.OB(O)O.OB(O)O.OB(O)O.OB(O)O.OB(O)O.OCCO. The number of rotatable bonds is 1. The van der Waals surface area contributed by atoms with E-state index in [9.17, 15) is 0 Å². The van der Waals surface area contributed by atoms with E-state index in [0.717, 1.165) is 0 Å². The molecule has 33 nitrogen and oxygen atoms in total. The van der Waals surface area contributed by atoms with E-state index < -0.39 is 36.6 Å². The first-order chi connectivity index (χ1) is 10.6. The molecule has 0 aliphatic heterocycles. The maximum absolute atomic E-state index is 7.62. The van der Waals surface area contributed by atoms with Gasteiger partial charge >= 0.3 is 36.6 Å². The molecule has 40 heavy (non-hydrogen) atoms. The molecule has 0 aliphatic rings. The highest BCUT2D eigenvalue weighted by Crippen LogP contribution is 1.42. The fourth-order valence-electron chi connectivity index (χ4n) is 0. The summed E-state index contributed by atoms with van der Waals surface area (Å²) in [5, 5.41) is 123. The second kappa shape index (κ2) is 203. The van der Waals surface area contributed by atoms with Crippen LogP contribution >= 0.6 is 0 Å². The van der Waals surface area contributed by atoms with Crippen molar-refractivity contribution in [1.29, 1.82) is 0 Å². The molecule has 0 spiro atoms. The van der Waals surface area contributed by atoms with Gasteiger partial charge in [0, 0.05) is 0 Å². The van der Waals surface area contributed by atoms with Crippen LogP contribution in [-0.4, -0.2) is 141 Å². The van der Waals surface area contributed by atoms with Gasteiger partial charge in [-0.25, -0.2) is 0 Å². The van der Waals surface area contributed by atoms with Gasteiger partial charge in [0.15, 0.2) is 0 Å². The summed E-state index contributed by atoms with van der Waals surface area (Å²) in [4.78, 5) is 0. The van der Waals surface area contributed by atoms with Crippen LogP contribution in [0.2, 0.25) is 0 Å². The Balaban J connectivity index is -0.00000000450. The van der Waals surface area contributed by atoms with Crippen molar-refractivity contribution < 1.29 is 91.0 Å². The molecule has 0 aromatic rings. The maximum Gasteiger partial charge on any atom is 0.631 e. The highest BCUT2D eigenvalue weighted by molar-refractivity contribution is 6.31.